The molecule has 3 unspecified atom stereocenters. The van der Waals surface area contributed by atoms with E-state index in [9.17, 15) is 9.59 Å². The van der Waals surface area contributed by atoms with Gasteiger partial charge < -0.3 is 4.74 Å². The van der Waals surface area contributed by atoms with Crippen LogP contribution in [0.1, 0.15) is 32.6 Å². The summed E-state index contributed by atoms with van der Waals surface area (Å²) in [6, 6.07) is 0. The smallest absolute Gasteiger partial charge is 0.316 e. The van der Waals surface area contributed by atoms with E-state index in [1.807, 2.05) is 0 Å². The van der Waals surface area contributed by atoms with Gasteiger partial charge in [0.05, 0.1) is 6.61 Å². The molecule has 0 aromatic carbocycles. The molecule has 0 aromatic rings. The third kappa shape index (κ3) is 1.56. The van der Waals surface area contributed by atoms with Gasteiger partial charge in [0.2, 0.25) is 0 Å². The molecule has 0 amide bonds. The average molecular weight is 196 g/mol. The Morgan fingerprint density at radius 2 is 2.29 bits per heavy atom. The number of hydrogen-bond acceptors (Lipinski definition) is 3. The summed E-state index contributed by atoms with van der Waals surface area (Å²) in [5.74, 6) is 0.220. The van der Waals surface area contributed by atoms with Crippen LogP contribution in [0.5, 0.6) is 0 Å². The zero-order chi connectivity index (χ0) is 10.1. The lowest BCUT2D eigenvalue weighted by atomic mass is 9.79. The van der Waals surface area contributed by atoms with Crippen molar-refractivity contribution in [2.75, 3.05) is 6.61 Å². The molecule has 3 atom stereocenters. The predicted octanol–water partition coefficient (Wildman–Crippen LogP) is 1.55. The van der Waals surface area contributed by atoms with Gasteiger partial charge in [0, 0.05) is 6.42 Å². The summed E-state index contributed by atoms with van der Waals surface area (Å²) in [5.41, 5.74) is 0. The molecule has 78 valence electrons. The summed E-state index contributed by atoms with van der Waals surface area (Å²) in [6.45, 7) is 2.15. The molecular weight excluding hydrogens is 180 g/mol. The molecule has 2 rings (SSSR count). The lowest BCUT2D eigenvalue weighted by Gasteiger charge is -2.25. The van der Waals surface area contributed by atoms with E-state index >= 15 is 0 Å². The lowest BCUT2D eigenvalue weighted by Crippen LogP contribution is -2.35. The minimum atomic E-state index is -0.436. The second-order valence-electron chi connectivity index (χ2n) is 4.34. The lowest BCUT2D eigenvalue weighted by molar-refractivity contribution is -0.155. The van der Waals surface area contributed by atoms with E-state index in [0.717, 1.165) is 19.3 Å². The van der Waals surface area contributed by atoms with E-state index in [1.54, 1.807) is 6.92 Å². The first-order chi connectivity index (χ1) is 6.72. The normalized spacial score (nSPS) is 35.8. The van der Waals surface area contributed by atoms with Crippen LogP contribution in [-0.2, 0) is 14.3 Å². The molecule has 0 aromatic heterocycles. The fraction of sp³-hybridized carbons (Fsp3) is 0.818. The maximum absolute atomic E-state index is 11.7. The van der Waals surface area contributed by atoms with Crippen LogP contribution < -0.4 is 0 Å². The Morgan fingerprint density at radius 1 is 1.50 bits per heavy atom. The molecule has 0 aliphatic heterocycles. The van der Waals surface area contributed by atoms with E-state index in [2.05, 4.69) is 0 Å². The summed E-state index contributed by atoms with van der Waals surface area (Å²) in [6.07, 6.45) is 3.79. The van der Waals surface area contributed by atoms with Crippen molar-refractivity contribution >= 4 is 11.8 Å². The number of ketones is 1. The maximum atomic E-state index is 11.7. The summed E-state index contributed by atoms with van der Waals surface area (Å²) < 4.78 is 4.94. The van der Waals surface area contributed by atoms with E-state index in [1.165, 1.54) is 0 Å². The number of carbonyl (C=O) groups is 2. The molecule has 2 fully saturated rings. The molecule has 2 saturated carbocycles. The highest BCUT2D eigenvalue weighted by Gasteiger charge is 2.45. The van der Waals surface area contributed by atoms with Crippen molar-refractivity contribution in [3.8, 4) is 0 Å². The highest BCUT2D eigenvalue weighted by molar-refractivity contribution is 6.00. The number of Topliss-reactive ketones (excluding diaryl/α,β-unsaturated/α-hetero) is 1. The number of rotatable bonds is 2. The third-order valence-electron chi connectivity index (χ3n) is 3.43. The Kier molecular flexibility index (Phi) is 2.57. The number of esters is 1. The fourth-order valence-corrected chi connectivity index (χ4v) is 2.83. The molecule has 0 spiro atoms. The first kappa shape index (κ1) is 9.69. The van der Waals surface area contributed by atoms with Crippen molar-refractivity contribution in [1.29, 1.82) is 0 Å². The van der Waals surface area contributed by atoms with Crippen LogP contribution in [0.2, 0.25) is 0 Å². The molecule has 14 heavy (non-hydrogen) atoms. The largest absolute Gasteiger partial charge is 0.465 e. The van der Waals surface area contributed by atoms with Crippen molar-refractivity contribution < 1.29 is 14.3 Å². The first-order valence-electron chi connectivity index (χ1n) is 5.41. The summed E-state index contributed by atoms with van der Waals surface area (Å²) >= 11 is 0. The quantitative estimate of drug-likeness (QED) is 0.497. The second-order valence-corrected chi connectivity index (χ2v) is 4.34. The molecule has 0 heterocycles. The Morgan fingerprint density at radius 3 is 3.00 bits per heavy atom. The van der Waals surface area contributed by atoms with Gasteiger partial charge in [-0.2, -0.15) is 0 Å². The second kappa shape index (κ2) is 3.71. The van der Waals surface area contributed by atoms with Crippen molar-refractivity contribution in [2.45, 2.75) is 32.6 Å². The highest BCUT2D eigenvalue weighted by atomic mass is 16.5. The molecule has 2 aliphatic rings. The Bertz CT molecular complexity index is 259. The first-order valence-corrected chi connectivity index (χ1v) is 5.41. The molecule has 2 aliphatic carbocycles. The summed E-state index contributed by atoms with van der Waals surface area (Å²) in [5, 5.41) is 0. The van der Waals surface area contributed by atoms with Crippen molar-refractivity contribution in [2.24, 2.45) is 17.8 Å². The molecule has 0 N–H and O–H groups in total. The monoisotopic (exact) mass is 196 g/mol. The number of fused-ring (bicyclic) bond motifs is 2. The van der Waals surface area contributed by atoms with Crippen molar-refractivity contribution in [3.05, 3.63) is 0 Å². The Balaban J connectivity index is 2.08. The van der Waals surface area contributed by atoms with Gasteiger partial charge in [-0.3, -0.25) is 9.59 Å². The van der Waals surface area contributed by atoms with Crippen molar-refractivity contribution in [3.63, 3.8) is 0 Å². The molecule has 3 nitrogen and oxygen atoms in total. The molecule has 0 radical (unpaired) electrons. The zero-order valence-electron chi connectivity index (χ0n) is 8.49. The standard InChI is InChI=1S/C11H16O3/c1-2-14-11(13)10-8-4-3-7(5-8)6-9(10)12/h7-8,10H,2-6H2,1H3. The number of ether oxygens (including phenoxy) is 1. The third-order valence-corrected chi connectivity index (χ3v) is 3.43. The van der Waals surface area contributed by atoms with Crippen LogP contribution in [0.3, 0.4) is 0 Å². The van der Waals surface area contributed by atoms with E-state index in [0.29, 0.717) is 18.9 Å². The number of carbonyl (C=O) groups excluding carboxylic acids is 2. The minimum Gasteiger partial charge on any atom is -0.465 e. The van der Waals surface area contributed by atoms with Gasteiger partial charge in [0.25, 0.3) is 0 Å². The van der Waals surface area contributed by atoms with Gasteiger partial charge in [-0.25, -0.2) is 0 Å². The average Bonchev–Trinajstić information content (AvgIpc) is 2.48. The SMILES string of the molecule is CCOC(=O)C1C(=O)CC2CCC1C2. The molecule has 2 bridgehead atoms. The predicted molar refractivity (Wildman–Crippen MR) is 50.6 cm³/mol. The molecule has 0 saturated heterocycles. The van der Waals surface area contributed by atoms with Crippen LogP contribution in [0.25, 0.3) is 0 Å². The van der Waals surface area contributed by atoms with Crippen LogP contribution in [0.4, 0.5) is 0 Å². The fourth-order valence-electron chi connectivity index (χ4n) is 2.83. The van der Waals surface area contributed by atoms with Gasteiger partial charge >= 0.3 is 5.97 Å². The number of hydrogen-bond donors (Lipinski definition) is 0. The van der Waals surface area contributed by atoms with Gasteiger partial charge in [0.15, 0.2) is 0 Å². The van der Waals surface area contributed by atoms with E-state index in [-0.39, 0.29) is 17.7 Å². The van der Waals surface area contributed by atoms with E-state index < -0.39 is 5.92 Å². The van der Waals surface area contributed by atoms with Crippen LogP contribution in [0, 0.1) is 17.8 Å². The van der Waals surface area contributed by atoms with Crippen LogP contribution in [-0.4, -0.2) is 18.4 Å². The van der Waals surface area contributed by atoms with Gasteiger partial charge in [0.1, 0.15) is 11.7 Å². The zero-order valence-corrected chi connectivity index (χ0v) is 8.49. The van der Waals surface area contributed by atoms with E-state index in [4.69, 9.17) is 4.74 Å². The van der Waals surface area contributed by atoms with Gasteiger partial charge in [-0.1, -0.05) is 0 Å². The van der Waals surface area contributed by atoms with Crippen molar-refractivity contribution in [1.82, 2.24) is 0 Å². The molecule has 3 heteroatoms. The van der Waals surface area contributed by atoms with Gasteiger partial charge in [-0.05, 0) is 38.0 Å². The summed E-state index contributed by atoms with van der Waals surface area (Å²) in [7, 11) is 0. The van der Waals surface area contributed by atoms with Crippen LogP contribution in [0.15, 0.2) is 0 Å². The van der Waals surface area contributed by atoms with Gasteiger partial charge in [-0.15, -0.1) is 0 Å². The Hall–Kier alpha value is -0.860. The Labute approximate surface area is 83.8 Å². The highest BCUT2D eigenvalue weighted by Crippen LogP contribution is 2.43. The topological polar surface area (TPSA) is 43.4 Å². The summed E-state index contributed by atoms with van der Waals surface area (Å²) in [4.78, 5) is 23.2. The molecular formula is C11H16O3. The maximum Gasteiger partial charge on any atom is 0.316 e. The van der Waals surface area contributed by atoms with Crippen LogP contribution >= 0.6 is 0 Å². The minimum absolute atomic E-state index is 0.113.